The molecule has 5 heteroatoms. The Kier molecular flexibility index (Phi) is 4.68. The summed E-state index contributed by atoms with van der Waals surface area (Å²) in [5.74, 6) is 3.05. The van der Waals surface area contributed by atoms with E-state index in [2.05, 4.69) is 22.4 Å². The molecule has 1 atom stereocenters. The van der Waals surface area contributed by atoms with E-state index in [1.165, 1.54) is 32.1 Å². The number of hydrogen-bond acceptors (Lipinski definition) is 5. The Labute approximate surface area is 120 Å². The Hall–Kier alpha value is -0.940. The first kappa shape index (κ1) is 14.0. The van der Waals surface area contributed by atoms with Crippen molar-refractivity contribution in [3.63, 3.8) is 0 Å². The minimum absolute atomic E-state index is 0.174. The molecule has 5 nitrogen and oxygen atoms in total. The number of nitrogens with zero attached hydrogens (tertiary/aromatic N) is 2. The molecule has 0 spiro atoms. The molecule has 2 aliphatic rings. The highest BCUT2D eigenvalue weighted by Crippen LogP contribution is 2.35. The second-order valence-electron chi connectivity index (χ2n) is 6.07. The maximum absolute atomic E-state index is 5.67. The van der Waals surface area contributed by atoms with Gasteiger partial charge in [-0.05, 0) is 31.6 Å². The molecule has 1 N–H and O–H groups in total. The largest absolute Gasteiger partial charge is 0.375 e. The highest BCUT2D eigenvalue weighted by Gasteiger charge is 2.26. The molecule has 20 heavy (non-hydrogen) atoms. The summed E-state index contributed by atoms with van der Waals surface area (Å²) in [5.41, 5.74) is 0. The van der Waals surface area contributed by atoms with Gasteiger partial charge >= 0.3 is 0 Å². The van der Waals surface area contributed by atoms with Gasteiger partial charge in [-0.15, -0.1) is 0 Å². The normalized spacial score (nSPS) is 31.4. The summed E-state index contributed by atoms with van der Waals surface area (Å²) in [4.78, 5) is 4.59. The SMILES string of the molecule is CCC1CCC(c2noc(CC3CNCCO3)n2)CC1. The van der Waals surface area contributed by atoms with Gasteiger partial charge in [0.2, 0.25) is 5.89 Å². The molecule has 2 heterocycles. The molecule has 112 valence electrons. The number of ether oxygens (including phenoxy) is 1. The van der Waals surface area contributed by atoms with Gasteiger partial charge in [-0.1, -0.05) is 18.5 Å². The van der Waals surface area contributed by atoms with Crippen molar-refractivity contribution >= 4 is 0 Å². The highest BCUT2D eigenvalue weighted by molar-refractivity contribution is 4.98. The molecule has 1 aliphatic heterocycles. The Morgan fingerprint density at radius 3 is 2.80 bits per heavy atom. The average Bonchev–Trinajstić information content (AvgIpc) is 2.97. The van der Waals surface area contributed by atoms with Crippen LogP contribution in [0, 0.1) is 5.92 Å². The molecule has 2 fully saturated rings. The average molecular weight is 279 g/mol. The van der Waals surface area contributed by atoms with Crippen LogP contribution < -0.4 is 5.32 Å². The molecule has 1 saturated carbocycles. The fraction of sp³-hybridized carbons (Fsp3) is 0.867. The van der Waals surface area contributed by atoms with Crippen LogP contribution in [0.2, 0.25) is 0 Å². The molecule has 0 radical (unpaired) electrons. The van der Waals surface area contributed by atoms with Gasteiger partial charge in [0.15, 0.2) is 5.82 Å². The first-order valence-electron chi connectivity index (χ1n) is 8.00. The van der Waals surface area contributed by atoms with Crippen molar-refractivity contribution in [2.24, 2.45) is 5.92 Å². The lowest BCUT2D eigenvalue weighted by Crippen LogP contribution is -2.39. The van der Waals surface area contributed by atoms with Gasteiger partial charge in [0.05, 0.1) is 19.1 Å². The van der Waals surface area contributed by atoms with E-state index in [9.17, 15) is 0 Å². The topological polar surface area (TPSA) is 60.2 Å². The molecule has 0 bridgehead atoms. The summed E-state index contributed by atoms with van der Waals surface area (Å²) in [5, 5.41) is 7.52. The minimum atomic E-state index is 0.174. The van der Waals surface area contributed by atoms with Gasteiger partial charge in [0.1, 0.15) is 0 Å². The lowest BCUT2D eigenvalue weighted by Gasteiger charge is -2.25. The number of nitrogens with one attached hydrogen (secondary N) is 1. The predicted molar refractivity (Wildman–Crippen MR) is 75.6 cm³/mol. The Bertz CT molecular complexity index is 407. The zero-order chi connectivity index (χ0) is 13.8. The van der Waals surface area contributed by atoms with Gasteiger partial charge in [-0.3, -0.25) is 0 Å². The van der Waals surface area contributed by atoms with Gasteiger partial charge in [-0.25, -0.2) is 0 Å². The maximum atomic E-state index is 5.67. The van der Waals surface area contributed by atoms with Crippen LogP contribution in [0.4, 0.5) is 0 Å². The highest BCUT2D eigenvalue weighted by atomic mass is 16.5. The molecule has 1 saturated heterocycles. The van der Waals surface area contributed by atoms with E-state index in [-0.39, 0.29) is 6.10 Å². The van der Waals surface area contributed by atoms with Gasteiger partial charge < -0.3 is 14.6 Å². The van der Waals surface area contributed by atoms with E-state index in [1.807, 2.05) is 0 Å². The standard InChI is InChI=1S/C15H25N3O2/c1-2-11-3-5-12(6-4-11)15-17-14(20-18-15)9-13-10-16-7-8-19-13/h11-13,16H,2-10H2,1H3. The smallest absolute Gasteiger partial charge is 0.229 e. The van der Waals surface area contributed by atoms with Crippen molar-refractivity contribution in [3.05, 3.63) is 11.7 Å². The van der Waals surface area contributed by atoms with Gasteiger partial charge in [0, 0.05) is 19.0 Å². The minimum Gasteiger partial charge on any atom is -0.375 e. The first-order chi connectivity index (χ1) is 9.85. The number of hydrogen-bond donors (Lipinski definition) is 1. The zero-order valence-electron chi connectivity index (χ0n) is 12.3. The summed E-state index contributed by atoms with van der Waals surface area (Å²) in [6.45, 7) is 4.87. The van der Waals surface area contributed by atoms with Crippen molar-refractivity contribution in [2.45, 2.75) is 57.5 Å². The molecule has 0 aromatic carbocycles. The van der Waals surface area contributed by atoms with Crippen LogP contribution >= 0.6 is 0 Å². The van der Waals surface area contributed by atoms with Crippen LogP contribution in [-0.4, -0.2) is 35.9 Å². The number of morpholine rings is 1. The molecule has 3 rings (SSSR count). The number of aromatic nitrogens is 2. The summed E-state index contributed by atoms with van der Waals surface area (Å²) < 4.78 is 11.1. The van der Waals surface area contributed by atoms with Crippen LogP contribution in [0.15, 0.2) is 4.52 Å². The summed E-state index contributed by atoms with van der Waals surface area (Å²) in [6.07, 6.45) is 7.23. The fourth-order valence-electron chi connectivity index (χ4n) is 3.29. The first-order valence-corrected chi connectivity index (χ1v) is 8.00. The van der Waals surface area contributed by atoms with Crippen LogP contribution in [0.25, 0.3) is 0 Å². The zero-order valence-corrected chi connectivity index (χ0v) is 12.3. The third-order valence-electron chi connectivity index (χ3n) is 4.68. The van der Waals surface area contributed by atoms with Crippen molar-refractivity contribution in [1.29, 1.82) is 0 Å². The van der Waals surface area contributed by atoms with E-state index >= 15 is 0 Å². The van der Waals surface area contributed by atoms with E-state index in [0.29, 0.717) is 5.92 Å². The third-order valence-corrected chi connectivity index (χ3v) is 4.68. The quantitative estimate of drug-likeness (QED) is 0.916. The molecule has 1 unspecified atom stereocenters. The van der Waals surface area contributed by atoms with Crippen LogP contribution in [0.1, 0.15) is 56.7 Å². The summed E-state index contributed by atoms with van der Waals surface area (Å²) >= 11 is 0. The number of rotatable bonds is 4. The van der Waals surface area contributed by atoms with E-state index in [0.717, 1.165) is 43.8 Å². The molecular formula is C15H25N3O2. The van der Waals surface area contributed by atoms with E-state index in [4.69, 9.17) is 9.26 Å². The summed E-state index contributed by atoms with van der Waals surface area (Å²) in [7, 11) is 0. The Morgan fingerprint density at radius 2 is 2.10 bits per heavy atom. The summed E-state index contributed by atoms with van der Waals surface area (Å²) in [6, 6.07) is 0. The van der Waals surface area contributed by atoms with Gasteiger partial charge in [-0.2, -0.15) is 4.98 Å². The second-order valence-corrected chi connectivity index (χ2v) is 6.07. The van der Waals surface area contributed by atoms with Crippen molar-refractivity contribution < 1.29 is 9.26 Å². The maximum Gasteiger partial charge on any atom is 0.229 e. The van der Waals surface area contributed by atoms with Crippen LogP contribution in [0.5, 0.6) is 0 Å². The lowest BCUT2D eigenvalue weighted by atomic mass is 9.80. The van der Waals surface area contributed by atoms with Crippen molar-refractivity contribution in [2.75, 3.05) is 19.7 Å². The van der Waals surface area contributed by atoms with E-state index in [1.54, 1.807) is 0 Å². The third kappa shape index (κ3) is 3.38. The fourth-order valence-corrected chi connectivity index (χ4v) is 3.29. The molecular weight excluding hydrogens is 254 g/mol. The molecule has 1 aromatic heterocycles. The van der Waals surface area contributed by atoms with Crippen molar-refractivity contribution in [3.8, 4) is 0 Å². The predicted octanol–water partition coefficient (Wildman–Crippen LogP) is 2.28. The Morgan fingerprint density at radius 1 is 1.25 bits per heavy atom. The monoisotopic (exact) mass is 279 g/mol. The van der Waals surface area contributed by atoms with Crippen LogP contribution in [-0.2, 0) is 11.2 Å². The van der Waals surface area contributed by atoms with E-state index < -0.39 is 0 Å². The molecule has 0 amide bonds. The molecule has 1 aliphatic carbocycles. The lowest BCUT2D eigenvalue weighted by molar-refractivity contribution is 0.0246. The van der Waals surface area contributed by atoms with Gasteiger partial charge in [0.25, 0.3) is 0 Å². The van der Waals surface area contributed by atoms with Crippen molar-refractivity contribution in [1.82, 2.24) is 15.5 Å². The van der Waals surface area contributed by atoms with Crippen LogP contribution in [0.3, 0.4) is 0 Å². The molecule has 1 aromatic rings. The second kappa shape index (κ2) is 6.68. The Balaban J connectivity index is 1.54.